The molecule has 98 valence electrons. The molecule has 2 rings (SSSR count). The second-order valence-corrected chi connectivity index (χ2v) is 4.62. The van der Waals surface area contributed by atoms with Crippen LogP contribution in [-0.4, -0.2) is 36.4 Å². The molecule has 1 aliphatic rings. The van der Waals surface area contributed by atoms with E-state index in [9.17, 15) is 4.79 Å². The van der Waals surface area contributed by atoms with E-state index in [-0.39, 0.29) is 5.97 Å². The Hall–Kier alpha value is -1.65. The Balaban J connectivity index is 2.32. The highest BCUT2D eigenvalue weighted by Crippen LogP contribution is 2.22. The minimum atomic E-state index is -0.341. The van der Waals surface area contributed by atoms with Crippen LogP contribution in [0.4, 0.5) is 5.82 Å². The lowest BCUT2D eigenvalue weighted by Gasteiger charge is -2.22. The predicted octanol–water partition coefficient (Wildman–Crippen LogP) is 1.95. The van der Waals surface area contributed by atoms with Crippen LogP contribution in [-0.2, 0) is 4.74 Å². The first-order valence-electron chi connectivity index (χ1n) is 6.40. The van der Waals surface area contributed by atoms with Crippen LogP contribution in [0.25, 0.3) is 0 Å². The Kier molecular flexibility index (Phi) is 4.12. The van der Waals surface area contributed by atoms with Crippen molar-refractivity contribution in [3.05, 3.63) is 17.3 Å². The molecule has 0 saturated carbocycles. The molecule has 0 aromatic carbocycles. The molecule has 0 N–H and O–H groups in total. The fourth-order valence-corrected chi connectivity index (χ4v) is 2.26. The van der Waals surface area contributed by atoms with Crippen LogP contribution in [0.3, 0.4) is 0 Å². The van der Waals surface area contributed by atoms with Crippen molar-refractivity contribution in [1.82, 2.24) is 10.2 Å². The van der Waals surface area contributed by atoms with Gasteiger partial charge in [-0.05, 0) is 25.8 Å². The van der Waals surface area contributed by atoms with E-state index < -0.39 is 0 Å². The van der Waals surface area contributed by atoms with Crippen molar-refractivity contribution < 1.29 is 9.53 Å². The molecule has 1 aliphatic heterocycles. The Bertz CT molecular complexity index is 426. The number of ether oxygens (including phenoxy) is 1. The molecule has 0 atom stereocenters. The van der Waals surface area contributed by atoms with Gasteiger partial charge < -0.3 is 9.64 Å². The third kappa shape index (κ3) is 2.78. The molecule has 5 heteroatoms. The second kappa shape index (κ2) is 5.80. The maximum atomic E-state index is 11.8. The van der Waals surface area contributed by atoms with Gasteiger partial charge in [0.25, 0.3) is 0 Å². The van der Waals surface area contributed by atoms with Gasteiger partial charge in [0, 0.05) is 13.1 Å². The van der Waals surface area contributed by atoms with Crippen LogP contribution in [0.15, 0.2) is 6.07 Å². The summed E-state index contributed by atoms with van der Waals surface area (Å²) in [7, 11) is 1.39. The van der Waals surface area contributed by atoms with E-state index >= 15 is 0 Å². The van der Waals surface area contributed by atoms with Gasteiger partial charge in [0.1, 0.15) is 5.56 Å². The van der Waals surface area contributed by atoms with E-state index in [1.807, 2.05) is 6.92 Å². The normalized spacial score (nSPS) is 16.2. The fourth-order valence-electron chi connectivity index (χ4n) is 2.26. The molecule has 1 aromatic heterocycles. The molecule has 0 radical (unpaired) electrons. The summed E-state index contributed by atoms with van der Waals surface area (Å²) in [5, 5.41) is 8.25. The number of nitrogens with zero attached hydrogens (tertiary/aromatic N) is 3. The number of rotatable bonds is 2. The lowest BCUT2D eigenvalue weighted by molar-refractivity contribution is 0.0600. The molecular weight excluding hydrogens is 230 g/mol. The first-order chi connectivity index (χ1) is 8.72. The number of esters is 1. The quantitative estimate of drug-likeness (QED) is 0.750. The second-order valence-electron chi connectivity index (χ2n) is 4.62. The maximum Gasteiger partial charge on any atom is 0.341 e. The molecule has 0 bridgehead atoms. The summed E-state index contributed by atoms with van der Waals surface area (Å²) in [6.45, 7) is 3.69. The van der Waals surface area contributed by atoms with E-state index in [0.29, 0.717) is 11.4 Å². The van der Waals surface area contributed by atoms with Gasteiger partial charge in [0.2, 0.25) is 0 Å². The Labute approximate surface area is 107 Å². The Morgan fingerprint density at radius 2 is 1.89 bits per heavy atom. The molecule has 0 amide bonds. The van der Waals surface area contributed by atoms with Gasteiger partial charge in [-0.15, -0.1) is 5.10 Å². The van der Waals surface area contributed by atoms with Crippen molar-refractivity contribution in [3.63, 3.8) is 0 Å². The van der Waals surface area contributed by atoms with E-state index in [1.54, 1.807) is 6.07 Å². The zero-order chi connectivity index (χ0) is 13.0. The van der Waals surface area contributed by atoms with E-state index in [4.69, 9.17) is 4.74 Å². The molecule has 5 nitrogen and oxygen atoms in total. The highest BCUT2D eigenvalue weighted by atomic mass is 16.5. The summed E-state index contributed by atoms with van der Waals surface area (Å²) in [6, 6.07) is 1.75. The number of carbonyl (C=O) groups excluding carboxylic acids is 1. The largest absolute Gasteiger partial charge is 0.465 e. The highest BCUT2D eigenvalue weighted by molar-refractivity contribution is 5.94. The lowest BCUT2D eigenvalue weighted by atomic mass is 10.2. The number of anilines is 1. The van der Waals surface area contributed by atoms with Gasteiger partial charge in [0.15, 0.2) is 5.82 Å². The standard InChI is InChI=1S/C13H19N3O2/c1-10-9-11(13(17)18-2)12(15-14-10)16-7-5-3-4-6-8-16/h9H,3-8H2,1-2H3. The van der Waals surface area contributed by atoms with Gasteiger partial charge in [-0.25, -0.2) is 4.79 Å². The van der Waals surface area contributed by atoms with E-state index in [1.165, 1.54) is 20.0 Å². The minimum absolute atomic E-state index is 0.341. The number of aromatic nitrogens is 2. The van der Waals surface area contributed by atoms with Gasteiger partial charge in [-0.1, -0.05) is 12.8 Å². The lowest BCUT2D eigenvalue weighted by Crippen LogP contribution is -2.27. The highest BCUT2D eigenvalue weighted by Gasteiger charge is 2.20. The summed E-state index contributed by atoms with van der Waals surface area (Å²) < 4.78 is 4.82. The summed E-state index contributed by atoms with van der Waals surface area (Å²) in [5.74, 6) is 0.321. The summed E-state index contributed by atoms with van der Waals surface area (Å²) >= 11 is 0. The van der Waals surface area contributed by atoms with Crippen molar-refractivity contribution in [1.29, 1.82) is 0 Å². The molecular formula is C13H19N3O2. The van der Waals surface area contributed by atoms with Crippen molar-refractivity contribution in [2.75, 3.05) is 25.1 Å². The van der Waals surface area contributed by atoms with Crippen LogP contribution < -0.4 is 4.90 Å². The molecule has 18 heavy (non-hydrogen) atoms. The smallest absolute Gasteiger partial charge is 0.341 e. The zero-order valence-electron chi connectivity index (χ0n) is 11.0. The van der Waals surface area contributed by atoms with Gasteiger partial charge in [0.05, 0.1) is 12.8 Å². The van der Waals surface area contributed by atoms with Crippen LogP contribution in [0.1, 0.15) is 41.7 Å². The Morgan fingerprint density at radius 1 is 1.22 bits per heavy atom. The SMILES string of the molecule is COC(=O)c1cc(C)nnc1N1CCCCCC1. The zero-order valence-corrected chi connectivity index (χ0v) is 11.0. The number of aryl methyl sites for hydroxylation is 1. The summed E-state index contributed by atoms with van der Waals surface area (Å²) in [6.07, 6.45) is 4.75. The third-order valence-corrected chi connectivity index (χ3v) is 3.21. The van der Waals surface area contributed by atoms with Gasteiger partial charge in [-0.2, -0.15) is 5.10 Å². The molecule has 1 fully saturated rings. The molecule has 2 heterocycles. The van der Waals surface area contributed by atoms with Crippen molar-refractivity contribution in [2.24, 2.45) is 0 Å². The number of methoxy groups -OCH3 is 1. The van der Waals surface area contributed by atoms with Crippen molar-refractivity contribution in [2.45, 2.75) is 32.6 Å². The van der Waals surface area contributed by atoms with Gasteiger partial charge in [-0.3, -0.25) is 0 Å². The summed E-state index contributed by atoms with van der Waals surface area (Å²) in [5.41, 5.74) is 1.25. The van der Waals surface area contributed by atoms with Crippen LogP contribution >= 0.6 is 0 Å². The molecule has 1 saturated heterocycles. The Morgan fingerprint density at radius 3 is 2.50 bits per heavy atom. The monoisotopic (exact) mass is 249 g/mol. The molecule has 0 unspecified atom stereocenters. The number of carbonyl (C=O) groups is 1. The first kappa shape index (κ1) is 12.8. The average Bonchev–Trinajstić information content (AvgIpc) is 2.66. The molecule has 0 aliphatic carbocycles. The predicted molar refractivity (Wildman–Crippen MR) is 68.8 cm³/mol. The molecule has 1 aromatic rings. The van der Waals surface area contributed by atoms with Crippen LogP contribution in [0.5, 0.6) is 0 Å². The van der Waals surface area contributed by atoms with E-state index in [0.717, 1.165) is 31.6 Å². The minimum Gasteiger partial charge on any atom is -0.465 e. The maximum absolute atomic E-state index is 11.8. The van der Waals surface area contributed by atoms with Crippen LogP contribution in [0, 0.1) is 6.92 Å². The number of hydrogen-bond donors (Lipinski definition) is 0. The third-order valence-electron chi connectivity index (χ3n) is 3.21. The van der Waals surface area contributed by atoms with Crippen molar-refractivity contribution >= 4 is 11.8 Å². The van der Waals surface area contributed by atoms with Crippen LogP contribution in [0.2, 0.25) is 0 Å². The average molecular weight is 249 g/mol. The summed E-state index contributed by atoms with van der Waals surface area (Å²) in [4.78, 5) is 13.9. The first-order valence-corrected chi connectivity index (χ1v) is 6.40. The molecule has 0 spiro atoms. The van der Waals surface area contributed by atoms with Crippen molar-refractivity contribution in [3.8, 4) is 0 Å². The fraction of sp³-hybridized carbons (Fsp3) is 0.615. The van der Waals surface area contributed by atoms with E-state index in [2.05, 4.69) is 15.1 Å². The topological polar surface area (TPSA) is 55.3 Å². The number of hydrogen-bond acceptors (Lipinski definition) is 5. The van der Waals surface area contributed by atoms with Gasteiger partial charge >= 0.3 is 5.97 Å².